The molecule has 0 saturated carbocycles. The van der Waals surface area contributed by atoms with Gasteiger partial charge in [0.2, 0.25) is 41.4 Å². The first kappa shape index (κ1) is 57.8. The Hall–Kier alpha value is -9.43. The fraction of sp³-hybridized carbons (Fsp3) is 0.392. The second-order valence-electron chi connectivity index (χ2n) is 18.9. The summed E-state index contributed by atoms with van der Waals surface area (Å²) in [6.07, 6.45) is 3.15. The van der Waals surface area contributed by atoms with E-state index in [-0.39, 0.29) is 109 Å². The van der Waals surface area contributed by atoms with Crippen LogP contribution in [0.5, 0.6) is 5.75 Å². The van der Waals surface area contributed by atoms with Crippen molar-refractivity contribution in [3.63, 3.8) is 0 Å². The number of fused-ring (bicyclic) bond motifs is 4. The molecule has 0 spiro atoms. The van der Waals surface area contributed by atoms with Crippen LogP contribution in [0.25, 0.3) is 33.4 Å². The number of rotatable bonds is 21. The van der Waals surface area contributed by atoms with Crippen molar-refractivity contribution >= 4 is 70.2 Å². The summed E-state index contributed by atoms with van der Waals surface area (Å²) in [5.41, 5.74) is 21.3. The fourth-order valence-corrected chi connectivity index (χ4v) is 8.73. The van der Waals surface area contributed by atoms with Gasteiger partial charge in [0, 0.05) is 72.9 Å². The topological polar surface area (TPSA) is 444 Å². The molecule has 2 aromatic carbocycles. The molecule has 1 aromatic heterocycles. The van der Waals surface area contributed by atoms with Gasteiger partial charge in [-0.15, -0.1) is 5.10 Å². The largest absolute Gasteiger partial charge is 0.508 e. The quantitative estimate of drug-likeness (QED) is 0.0187. The van der Waals surface area contributed by atoms with E-state index in [0.29, 0.717) is 48.6 Å². The number of unbranched alkanes of at least 4 members (excludes halogenated alkanes) is 3. The van der Waals surface area contributed by atoms with Crippen LogP contribution in [0.2, 0.25) is 0 Å². The molecule has 3 aliphatic rings. The van der Waals surface area contributed by atoms with E-state index in [1.165, 1.54) is 66.3 Å². The predicted octanol–water partition coefficient (Wildman–Crippen LogP) is -0.691. The number of carboxylic acid groups (broad SMARTS) is 1. The maximum Gasteiger partial charge on any atom is 0.336 e. The van der Waals surface area contributed by atoms with Gasteiger partial charge in [-0.25, -0.2) is 9.48 Å². The molecule has 27 heteroatoms. The van der Waals surface area contributed by atoms with Crippen molar-refractivity contribution in [3.05, 3.63) is 87.8 Å². The zero-order valence-corrected chi connectivity index (χ0v) is 42.6. The highest BCUT2D eigenvalue weighted by molar-refractivity contribution is 6.09. The van der Waals surface area contributed by atoms with Gasteiger partial charge in [0.25, 0.3) is 5.91 Å². The first-order valence-corrected chi connectivity index (χ1v) is 25.0. The smallest absolute Gasteiger partial charge is 0.336 e. The lowest BCUT2D eigenvalue weighted by Crippen LogP contribution is -2.61. The highest BCUT2D eigenvalue weighted by Crippen LogP contribution is 2.42. The van der Waals surface area contributed by atoms with Gasteiger partial charge < -0.3 is 69.5 Å². The molecule has 0 fully saturated rings. The molecule has 2 aliphatic heterocycles. The molecule has 27 nitrogen and oxygen atoms in total. The highest BCUT2D eigenvalue weighted by Gasteiger charge is 2.38. The van der Waals surface area contributed by atoms with E-state index in [1.807, 2.05) is 0 Å². The number of primary amides is 2. The molecule has 2 unspecified atom stereocenters. The number of phenolic OH excluding ortho intramolecular Hbond substituents is 1. The Bertz CT molecular complexity index is 3150. The van der Waals surface area contributed by atoms with Gasteiger partial charge in [0.1, 0.15) is 40.8 Å². The van der Waals surface area contributed by atoms with Crippen molar-refractivity contribution in [3.8, 4) is 28.2 Å². The molecule has 3 aromatic rings. The Morgan fingerprint density at radius 2 is 1.56 bits per heavy atom. The molecule has 0 radical (unpaired) electrons. The van der Waals surface area contributed by atoms with Crippen molar-refractivity contribution in [2.45, 2.75) is 101 Å². The number of hydrogen-bond donors (Lipinski definition) is 12. The molecule has 78 heavy (non-hydrogen) atoms. The second kappa shape index (κ2) is 26.4. The fourth-order valence-electron chi connectivity index (χ4n) is 8.73. The Kier molecular flexibility index (Phi) is 19.6. The standard InChI is InChI=1S/C51H62N14O13/c1-51(49(53)77)24-28-26-65(64-63-28)37(47(74)61-36(23-40(52)68)45(72)59-25-42(70)60-35(46(73)62-51)8-7-19-58-50(54)55)9-4-6-17-56-41(69)10-3-2-5-18-57-44(71)27-11-14-31(34(20-27)48(75)76)43-32-15-12-29(66)21-38(32)78-39-22-30(67)13-16-33(39)43/h11-16,20-22,26,35-37,66H,2-10,17-19,23-25H2,1H3,(H2,52,68)(H2,53,77)(H,56,69)(H,57,71)(H,59,72)(H,60,70)(H,61,74)(H,62,73)(H,75,76)(H4,54,55,58)/t35?,36-,37-,51?/m0/s1. The van der Waals surface area contributed by atoms with Crippen molar-refractivity contribution in [1.29, 1.82) is 0 Å². The van der Waals surface area contributed by atoms with Gasteiger partial charge in [0.05, 0.1) is 24.2 Å². The number of nitrogens with one attached hydrogen (secondary N) is 6. The number of amides is 8. The van der Waals surface area contributed by atoms with Gasteiger partial charge in [-0.1, -0.05) is 17.7 Å². The summed E-state index contributed by atoms with van der Waals surface area (Å²) >= 11 is 0. The summed E-state index contributed by atoms with van der Waals surface area (Å²) in [4.78, 5) is 133. The van der Waals surface area contributed by atoms with Crippen LogP contribution in [-0.4, -0.2) is 128 Å². The van der Waals surface area contributed by atoms with Crippen molar-refractivity contribution < 1.29 is 57.8 Å². The number of hydrogen-bond acceptors (Lipinski definition) is 15. The lowest BCUT2D eigenvalue weighted by molar-refractivity contribution is -0.135. The van der Waals surface area contributed by atoms with E-state index in [1.54, 1.807) is 6.07 Å². The SMILES string of the molecule is CC1(C(N)=O)Cc2cn(nn2)[C@@H](CCCCNC(=O)CCCCCNC(=O)c2ccc(-c3c4ccc(=O)cc-4oc4cc(O)ccc34)c(C(=O)O)c2)C(=O)N[C@@H](CC(N)=O)C(=O)NCC(=O)NC(CCCN=C(N)N)C(=O)N1. The molecular formula is C51H62N14O13. The zero-order valence-electron chi connectivity index (χ0n) is 42.6. The van der Waals surface area contributed by atoms with Crippen LogP contribution >= 0.6 is 0 Å². The first-order valence-electron chi connectivity index (χ1n) is 25.0. The number of guanidine groups is 1. The zero-order chi connectivity index (χ0) is 56.7. The summed E-state index contributed by atoms with van der Waals surface area (Å²) < 4.78 is 7.07. The van der Waals surface area contributed by atoms with Gasteiger partial charge in [-0.3, -0.25) is 48.1 Å². The molecule has 2 bridgehead atoms. The maximum atomic E-state index is 13.9. The summed E-state index contributed by atoms with van der Waals surface area (Å²) in [5.74, 6) is -7.38. The maximum absolute atomic E-state index is 13.9. The average Bonchev–Trinajstić information content (AvgIpc) is 3.99. The highest BCUT2D eigenvalue weighted by atomic mass is 16.4. The van der Waals surface area contributed by atoms with E-state index in [4.69, 9.17) is 27.4 Å². The monoisotopic (exact) mass is 1080 g/mol. The summed E-state index contributed by atoms with van der Waals surface area (Å²) in [6, 6.07) is 8.80. The van der Waals surface area contributed by atoms with Gasteiger partial charge >= 0.3 is 5.97 Å². The van der Waals surface area contributed by atoms with E-state index < -0.39 is 83.9 Å². The predicted molar refractivity (Wildman–Crippen MR) is 280 cm³/mol. The average molecular weight is 1080 g/mol. The van der Waals surface area contributed by atoms with Crippen LogP contribution in [0.4, 0.5) is 0 Å². The number of nitrogens with zero attached hydrogens (tertiary/aromatic N) is 4. The lowest BCUT2D eigenvalue weighted by Gasteiger charge is -2.29. The molecular weight excluding hydrogens is 1020 g/mol. The van der Waals surface area contributed by atoms with Crippen LogP contribution in [0, 0.1) is 0 Å². The van der Waals surface area contributed by atoms with E-state index in [0.717, 1.165) is 0 Å². The Morgan fingerprint density at radius 1 is 0.821 bits per heavy atom. The van der Waals surface area contributed by atoms with Crippen molar-refractivity contribution in [2.75, 3.05) is 26.2 Å². The second-order valence-corrected chi connectivity index (χ2v) is 18.9. The first-order chi connectivity index (χ1) is 37.1. The molecule has 3 heterocycles. The molecule has 0 saturated heterocycles. The number of benzene rings is 3. The molecule has 1 aliphatic carbocycles. The minimum absolute atomic E-state index is 0.00306. The van der Waals surface area contributed by atoms with E-state index >= 15 is 0 Å². The third-order valence-corrected chi connectivity index (χ3v) is 12.8. The molecule has 6 rings (SSSR count). The number of carbonyl (C=O) groups is 9. The number of phenols is 1. The Labute approximate surface area is 445 Å². The number of aromatic hydroxyl groups is 1. The molecule has 4 atom stereocenters. The minimum Gasteiger partial charge on any atom is -0.508 e. The number of nitrogens with two attached hydrogens (primary N) is 4. The van der Waals surface area contributed by atoms with E-state index in [9.17, 15) is 58.2 Å². The van der Waals surface area contributed by atoms with Gasteiger partial charge in [0.15, 0.2) is 11.4 Å². The molecule has 414 valence electrons. The van der Waals surface area contributed by atoms with Gasteiger partial charge in [-0.2, -0.15) is 0 Å². The van der Waals surface area contributed by atoms with Crippen LogP contribution < -0.4 is 60.3 Å². The van der Waals surface area contributed by atoms with Crippen LogP contribution in [0.3, 0.4) is 0 Å². The summed E-state index contributed by atoms with van der Waals surface area (Å²) in [7, 11) is 0. The Balaban J connectivity index is 1.01. The third-order valence-electron chi connectivity index (χ3n) is 12.8. The van der Waals surface area contributed by atoms with E-state index in [2.05, 4.69) is 47.2 Å². The number of carbonyl (C=O) groups excluding carboxylic acids is 8. The van der Waals surface area contributed by atoms with Crippen molar-refractivity contribution in [2.24, 2.45) is 27.9 Å². The number of aromatic nitrogens is 3. The molecule has 8 amide bonds. The lowest BCUT2D eigenvalue weighted by atomic mass is 9.90. The Morgan fingerprint density at radius 3 is 2.29 bits per heavy atom. The molecule has 16 N–H and O–H groups in total. The summed E-state index contributed by atoms with van der Waals surface area (Å²) in [6.45, 7) is 1.23. The minimum atomic E-state index is -1.78. The summed E-state index contributed by atoms with van der Waals surface area (Å²) in [5, 5.41) is 44.6. The number of aliphatic imine (C=N–C) groups is 1. The van der Waals surface area contributed by atoms with Crippen LogP contribution in [0.1, 0.15) is 104 Å². The van der Waals surface area contributed by atoms with Crippen molar-refractivity contribution in [1.82, 2.24) is 46.9 Å². The normalized spacial score (nSPS) is 18.1. The third kappa shape index (κ3) is 15.6. The van der Waals surface area contributed by atoms with Gasteiger partial charge in [-0.05, 0) is 93.8 Å². The van der Waals surface area contributed by atoms with Crippen LogP contribution in [0.15, 0.2) is 75.0 Å². The number of carboxylic acids is 1. The number of aromatic carboxylic acids is 1. The van der Waals surface area contributed by atoms with Crippen LogP contribution in [-0.2, 0) is 40.0 Å².